The Bertz CT molecular complexity index is 542. The van der Waals surface area contributed by atoms with Crippen LogP contribution in [-0.4, -0.2) is 60.2 Å². The van der Waals surface area contributed by atoms with Crippen LogP contribution in [0.4, 0.5) is 0 Å². The Kier molecular flexibility index (Phi) is 8.54. The zero-order valence-corrected chi connectivity index (χ0v) is 17.4. The minimum Gasteiger partial charge on any atom is -0.370 e. The largest absolute Gasteiger partial charge is 0.370 e. The van der Waals surface area contributed by atoms with E-state index in [9.17, 15) is 9.59 Å². The van der Waals surface area contributed by atoms with Gasteiger partial charge in [-0.1, -0.05) is 38.4 Å². The number of likely N-dealkylation sites (tertiary alicyclic amines) is 1. The molecule has 0 aromatic carbocycles. The monoisotopic (exact) mass is 392 g/mol. The number of carbonyl (C=O) groups is 2. The fourth-order valence-corrected chi connectivity index (χ4v) is 4.44. The molecule has 0 bridgehead atoms. The van der Waals surface area contributed by atoms with E-state index in [1.807, 2.05) is 11.8 Å². The van der Waals surface area contributed by atoms with Gasteiger partial charge in [-0.25, -0.2) is 0 Å². The average Bonchev–Trinajstić information content (AvgIpc) is 3.11. The zero-order chi connectivity index (χ0) is 20.0. The van der Waals surface area contributed by atoms with Crippen molar-refractivity contribution >= 4 is 36.9 Å². The number of amides is 2. The van der Waals surface area contributed by atoms with Crippen molar-refractivity contribution in [1.82, 2.24) is 15.5 Å². The average molecular weight is 392 g/mol. The third-order valence-electron chi connectivity index (χ3n) is 5.82. The van der Waals surface area contributed by atoms with Gasteiger partial charge in [-0.15, -0.1) is 0 Å². The molecule has 150 valence electrons. The molecule has 2 rings (SSSR count). The summed E-state index contributed by atoms with van der Waals surface area (Å²) in [5.74, 6) is -0.362. The maximum atomic E-state index is 12.6. The van der Waals surface area contributed by atoms with Crippen LogP contribution in [0.25, 0.3) is 0 Å². The quantitative estimate of drug-likeness (QED) is 0.448. The van der Waals surface area contributed by atoms with Crippen molar-refractivity contribution < 1.29 is 9.59 Å². The van der Waals surface area contributed by atoms with E-state index in [0.29, 0.717) is 11.4 Å². The summed E-state index contributed by atoms with van der Waals surface area (Å²) in [5.41, 5.74) is 6.13. The fourth-order valence-electron chi connectivity index (χ4n) is 3.98. The lowest BCUT2D eigenvalue weighted by molar-refractivity contribution is -0.130. The molecule has 2 radical (unpaired) electrons. The summed E-state index contributed by atoms with van der Waals surface area (Å²) < 4.78 is 0. The first-order chi connectivity index (χ1) is 12.8. The van der Waals surface area contributed by atoms with E-state index in [1.165, 1.54) is 6.42 Å². The molecule has 1 saturated heterocycles. The summed E-state index contributed by atoms with van der Waals surface area (Å²) in [6.45, 7) is 4.48. The van der Waals surface area contributed by atoms with E-state index < -0.39 is 12.1 Å². The van der Waals surface area contributed by atoms with E-state index in [2.05, 4.69) is 10.6 Å². The smallest absolute Gasteiger partial charge is 0.242 e. The molecule has 1 aliphatic heterocycles. The number of hydrogen-bond acceptors (Lipinski definition) is 4. The molecule has 8 heteroatoms. The van der Waals surface area contributed by atoms with Gasteiger partial charge in [-0.2, -0.15) is 0 Å². The molecule has 4 atom stereocenters. The molecule has 2 amide bonds. The molecular weight excluding hydrogens is 359 g/mol. The van der Waals surface area contributed by atoms with Crippen LogP contribution >= 0.6 is 12.2 Å². The van der Waals surface area contributed by atoms with Gasteiger partial charge < -0.3 is 21.3 Å². The topological polar surface area (TPSA) is 87.5 Å². The van der Waals surface area contributed by atoms with Crippen molar-refractivity contribution in [2.45, 2.75) is 89.3 Å². The van der Waals surface area contributed by atoms with Crippen LogP contribution in [0.15, 0.2) is 0 Å². The summed E-state index contributed by atoms with van der Waals surface area (Å²) in [6, 6.07) is -1.47. The van der Waals surface area contributed by atoms with Crippen molar-refractivity contribution in [3.8, 4) is 0 Å². The van der Waals surface area contributed by atoms with E-state index in [1.54, 1.807) is 6.92 Å². The molecule has 2 fully saturated rings. The van der Waals surface area contributed by atoms with Gasteiger partial charge >= 0.3 is 0 Å². The number of hydrogen-bond donors (Lipinski definition) is 3. The molecule has 0 aromatic heterocycles. The molecule has 0 aromatic rings. The second-order valence-electron chi connectivity index (χ2n) is 7.86. The van der Waals surface area contributed by atoms with Crippen LogP contribution in [0.3, 0.4) is 0 Å². The van der Waals surface area contributed by atoms with Gasteiger partial charge in [0.1, 0.15) is 11.0 Å². The maximum Gasteiger partial charge on any atom is 0.242 e. The Balaban J connectivity index is 1.85. The first-order valence-electron chi connectivity index (χ1n) is 10.3. The van der Waals surface area contributed by atoms with Crippen LogP contribution in [-0.2, 0) is 9.59 Å². The molecule has 1 aliphatic carbocycles. The van der Waals surface area contributed by atoms with Crippen LogP contribution in [0.5, 0.6) is 0 Å². The fraction of sp³-hybridized carbons (Fsp3) is 0.842. The van der Waals surface area contributed by atoms with Crippen LogP contribution < -0.4 is 16.4 Å². The van der Waals surface area contributed by atoms with Crippen LogP contribution in [0.2, 0.25) is 0 Å². The van der Waals surface area contributed by atoms with E-state index in [-0.39, 0.29) is 29.7 Å². The Hall–Kier alpha value is -1.15. The molecular formula is C19H33BN4O2S. The minimum absolute atomic E-state index is 0.0749. The van der Waals surface area contributed by atoms with Gasteiger partial charge in [-0.05, 0) is 50.9 Å². The summed E-state index contributed by atoms with van der Waals surface area (Å²) in [5, 5.41) is 5.72. The molecule has 6 nitrogen and oxygen atoms in total. The second-order valence-corrected chi connectivity index (χ2v) is 8.28. The normalized spacial score (nSPS) is 24.1. The van der Waals surface area contributed by atoms with Crippen molar-refractivity contribution in [2.24, 2.45) is 11.7 Å². The molecule has 4 N–H and O–H groups in total. The number of rotatable bonds is 7. The number of nitrogens with two attached hydrogens (primary N) is 1. The Morgan fingerprint density at radius 2 is 1.81 bits per heavy atom. The molecule has 27 heavy (non-hydrogen) atoms. The third-order valence-corrected chi connectivity index (χ3v) is 6.34. The highest BCUT2D eigenvalue weighted by atomic mass is 32.1. The van der Waals surface area contributed by atoms with Gasteiger partial charge in [-0.3, -0.25) is 9.59 Å². The standard InChI is InChI=1S/C19H33BN4O2S/c1-3-14(19(27)24-11-7-10-15(24)20)23-17(25)12(2)22-18(26)16(21)13-8-5-4-6-9-13/h12-16H,3-11,21H2,1-2H3,(H,22,26)(H,23,25)/t12-,14-,15-,16-/m0/s1. The van der Waals surface area contributed by atoms with Gasteiger partial charge in [0.2, 0.25) is 11.8 Å². The second kappa shape index (κ2) is 10.4. The predicted molar refractivity (Wildman–Crippen MR) is 112 cm³/mol. The summed E-state index contributed by atoms with van der Waals surface area (Å²) in [6.07, 6.45) is 8.02. The molecule has 1 saturated carbocycles. The highest BCUT2D eigenvalue weighted by Gasteiger charge is 2.30. The number of nitrogens with one attached hydrogen (secondary N) is 2. The number of nitrogens with zero attached hydrogens (tertiary/aromatic N) is 1. The van der Waals surface area contributed by atoms with Crippen molar-refractivity contribution in [2.75, 3.05) is 6.54 Å². The predicted octanol–water partition coefficient (Wildman–Crippen LogP) is 1.21. The highest BCUT2D eigenvalue weighted by molar-refractivity contribution is 7.80. The first kappa shape index (κ1) is 22.1. The van der Waals surface area contributed by atoms with Gasteiger partial charge in [0.25, 0.3) is 0 Å². The van der Waals surface area contributed by atoms with E-state index in [0.717, 1.165) is 45.1 Å². The number of carbonyl (C=O) groups excluding carboxylic acids is 2. The van der Waals surface area contributed by atoms with Crippen LogP contribution in [0, 0.1) is 5.92 Å². The van der Waals surface area contributed by atoms with Crippen molar-refractivity contribution in [3.05, 3.63) is 0 Å². The third kappa shape index (κ3) is 5.91. The summed E-state index contributed by atoms with van der Waals surface area (Å²) in [7, 11) is 6.09. The molecule has 0 unspecified atom stereocenters. The van der Waals surface area contributed by atoms with Crippen molar-refractivity contribution in [1.29, 1.82) is 0 Å². The van der Waals surface area contributed by atoms with E-state index in [4.69, 9.17) is 25.8 Å². The summed E-state index contributed by atoms with van der Waals surface area (Å²) in [4.78, 5) is 27.7. The number of thiocarbonyl (C=S) groups is 1. The lowest BCUT2D eigenvalue weighted by Gasteiger charge is -2.31. The maximum absolute atomic E-state index is 12.6. The Morgan fingerprint density at radius 1 is 1.15 bits per heavy atom. The molecule has 0 spiro atoms. The SMILES string of the molecule is [B][C@@H]1CCCN1C(=S)[C@H](CC)NC(=O)[C@H](C)NC(=O)[C@@H](N)C1CCCCC1. The van der Waals surface area contributed by atoms with Gasteiger partial charge in [0, 0.05) is 6.54 Å². The Morgan fingerprint density at radius 3 is 2.37 bits per heavy atom. The van der Waals surface area contributed by atoms with Gasteiger partial charge in [0.15, 0.2) is 0 Å². The Labute approximate surface area is 169 Å². The lowest BCUT2D eigenvalue weighted by atomic mass is 9.84. The molecule has 1 heterocycles. The van der Waals surface area contributed by atoms with Crippen LogP contribution in [0.1, 0.15) is 65.2 Å². The molecule has 2 aliphatic rings. The zero-order valence-electron chi connectivity index (χ0n) is 16.6. The lowest BCUT2D eigenvalue weighted by Crippen LogP contribution is -2.56. The minimum atomic E-state index is -0.656. The summed E-state index contributed by atoms with van der Waals surface area (Å²) >= 11 is 5.56. The van der Waals surface area contributed by atoms with Crippen molar-refractivity contribution in [3.63, 3.8) is 0 Å². The highest BCUT2D eigenvalue weighted by Crippen LogP contribution is 2.25. The van der Waals surface area contributed by atoms with Gasteiger partial charge in [0.05, 0.1) is 19.9 Å². The van der Waals surface area contributed by atoms with E-state index >= 15 is 0 Å². The first-order valence-corrected chi connectivity index (χ1v) is 10.7.